The van der Waals surface area contributed by atoms with Crippen LogP contribution in [-0.4, -0.2) is 51.6 Å². The van der Waals surface area contributed by atoms with Crippen LogP contribution in [0.15, 0.2) is 36.4 Å². The van der Waals surface area contributed by atoms with Gasteiger partial charge in [0.05, 0.1) is 20.1 Å². The number of unbranched alkanes of at least 4 members (excludes halogenated alkanes) is 1. The second kappa shape index (κ2) is 11.9. The number of carbonyl (C=O) groups excluding carboxylic acids is 3. The van der Waals surface area contributed by atoms with Crippen LogP contribution in [0.1, 0.15) is 58.0 Å². The van der Waals surface area contributed by atoms with Crippen molar-refractivity contribution in [3.05, 3.63) is 58.7 Å². The van der Waals surface area contributed by atoms with Crippen LogP contribution in [0.25, 0.3) is 0 Å². The summed E-state index contributed by atoms with van der Waals surface area (Å²) in [7, 11) is -2.47. The fourth-order valence-corrected chi connectivity index (χ4v) is 5.52. The molecule has 2 aromatic carbocycles. The first-order valence-corrected chi connectivity index (χ1v) is 13.1. The Morgan fingerprint density at radius 1 is 1.19 bits per heavy atom. The number of sulfonamides is 1. The molecule has 1 atom stereocenters. The van der Waals surface area contributed by atoms with Crippen molar-refractivity contribution in [1.29, 1.82) is 0 Å². The van der Waals surface area contributed by atoms with Crippen molar-refractivity contribution >= 4 is 27.8 Å². The van der Waals surface area contributed by atoms with Crippen molar-refractivity contribution in [2.45, 2.75) is 44.3 Å². The molecule has 0 spiro atoms. The molecule has 1 saturated heterocycles. The number of aromatic hydroxyl groups is 1. The van der Waals surface area contributed by atoms with Gasteiger partial charge in [0.1, 0.15) is 22.3 Å². The molecule has 1 aliphatic rings. The van der Waals surface area contributed by atoms with E-state index in [9.17, 15) is 27.9 Å². The van der Waals surface area contributed by atoms with E-state index in [0.29, 0.717) is 38.0 Å². The SMILES string of the molecule is COC(=O)c1c(O)cccc1OCCCCNC(=O)CCc1ccc(C2CC(=O)NS2(=O)=O)c(C)c1. The van der Waals surface area contributed by atoms with Crippen LogP contribution in [-0.2, 0) is 30.8 Å². The molecule has 0 bridgehead atoms. The quantitative estimate of drug-likeness (QED) is 0.303. The van der Waals surface area contributed by atoms with Gasteiger partial charge in [0.15, 0.2) is 0 Å². The summed E-state index contributed by atoms with van der Waals surface area (Å²) in [6.07, 6.45) is 1.98. The van der Waals surface area contributed by atoms with Gasteiger partial charge in [-0.25, -0.2) is 13.2 Å². The Hall–Kier alpha value is -3.60. The van der Waals surface area contributed by atoms with Crippen molar-refractivity contribution in [1.82, 2.24) is 10.0 Å². The number of carbonyl (C=O) groups is 3. The standard InChI is InChI=1S/C25H30N2O8S/c1-16-14-17(8-10-18(16)21-15-23(30)27-36(21,32)33)9-11-22(29)26-12-3-4-13-35-20-7-5-6-19(28)24(20)25(31)34-2/h5-8,10,14,21,28H,3-4,9,11-13,15H2,1-2H3,(H,26,29)(H,27,30). The minimum absolute atomic E-state index is 0.0217. The molecule has 11 heteroatoms. The molecule has 3 rings (SSSR count). The highest BCUT2D eigenvalue weighted by Gasteiger charge is 2.38. The Morgan fingerprint density at radius 2 is 1.97 bits per heavy atom. The largest absolute Gasteiger partial charge is 0.507 e. The second-order valence-electron chi connectivity index (χ2n) is 8.50. The highest BCUT2D eigenvalue weighted by atomic mass is 32.2. The molecule has 1 fully saturated rings. The van der Waals surface area contributed by atoms with Crippen LogP contribution in [0.3, 0.4) is 0 Å². The van der Waals surface area contributed by atoms with Crippen molar-refractivity contribution in [2.75, 3.05) is 20.3 Å². The Labute approximate surface area is 210 Å². The number of esters is 1. The highest BCUT2D eigenvalue weighted by Crippen LogP contribution is 2.32. The Morgan fingerprint density at radius 3 is 2.64 bits per heavy atom. The number of aryl methyl sites for hydroxylation is 2. The zero-order valence-corrected chi connectivity index (χ0v) is 21.0. The number of methoxy groups -OCH3 is 1. The lowest BCUT2D eigenvalue weighted by Crippen LogP contribution is -2.25. The monoisotopic (exact) mass is 518 g/mol. The normalized spacial score (nSPS) is 16.3. The number of nitrogens with one attached hydrogen (secondary N) is 2. The van der Waals surface area contributed by atoms with Crippen LogP contribution >= 0.6 is 0 Å². The van der Waals surface area contributed by atoms with E-state index < -0.39 is 27.1 Å². The average Bonchev–Trinajstić information content (AvgIpc) is 3.11. The van der Waals surface area contributed by atoms with Crippen molar-refractivity contribution < 1.29 is 37.4 Å². The Bertz CT molecular complexity index is 1240. The van der Waals surface area contributed by atoms with Crippen molar-refractivity contribution in [3.63, 3.8) is 0 Å². The predicted octanol–water partition coefficient (Wildman–Crippen LogP) is 2.29. The number of amides is 2. The van der Waals surface area contributed by atoms with E-state index >= 15 is 0 Å². The topological polar surface area (TPSA) is 148 Å². The lowest BCUT2D eigenvalue weighted by atomic mass is 9.98. The second-order valence-corrected chi connectivity index (χ2v) is 10.4. The number of ether oxygens (including phenoxy) is 2. The molecule has 36 heavy (non-hydrogen) atoms. The maximum atomic E-state index is 12.2. The zero-order chi connectivity index (χ0) is 26.3. The number of phenolic OH excluding ortho intramolecular Hbond substituents is 1. The third-order valence-electron chi connectivity index (χ3n) is 5.87. The fraction of sp³-hybridized carbons (Fsp3) is 0.400. The van der Waals surface area contributed by atoms with E-state index in [1.807, 2.05) is 10.8 Å². The molecule has 0 aromatic heterocycles. The molecule has 3 N–H and O–H groups in total. The molecule has 1 heterocycles. The fourth-order valence-electron chi connectivity index (χ4n) is 4.01. The number of rotatable bonds is 11. The molecule has 1 unspecified atom stereocenters. The molecule has 0 aliphatic carbocycles. The highest BCUT2D eigenvalue weighted by molar-refractivity contribution is 7.90. The van der Waals surface area contributed by atoms with Gasteiger partial charge in [0.25, 0.3) is 0 Å². The molecule has 194 valence electrons. The minimum Gasteiger partial charge on any atom is -0.507 e. The Kier molecular flexibility index (Phi) is 8.92. The minimum atomic E-state index is -3.70. The number of hydrogen-bond acceptors (Lipinski definition) is 8. The zero-order valence-electron chi connectivity index (χ0n) is 20.2. The van der Waals surface area contributed by atoms with E-state index in [2.05, 4.69) is 10.1 Å². The first-order valence-electron chi connectivity index (χ1n) is 11.6. The van der Waals surface area contributed by atoms with E-state index in [1.165, 1.54) is 13.2 Å². The van der Waals surface area contributed by atoms with Gasteiger partial charge in [-0.3, -0.25) is 14.3 Å². The maximum Gasteiger partial charge on any atom is 0.345 e. The molecule has 0 saturated carbocycles. The summed E-state index contributed by atoms with van der Waals surface area (Å²) in [5.41, 5.74) is 2.24. The lowest BCUT2D eigenvalue weighted by Gasteiger charge is -2.13. The number of hydrogen-bond donors (Lipinski definition) is 3. The van der Waals surface area contributed by atoms with Gasteiger partial charge >= 0.3 is 5.97 Å². The van der Waals surface area contributed by atoms with Crippen LogP contribution < -0.4 is 14.8 Å². The van der Waals surface area contributed by atoms with E-state index in [0.717, 1.165) is 11.1 Å². The summed E-state index contributed by atoms with van der Waals surface area (Å²) < 4.78 is 36.5. The van der Waals surface area contributed by atoms with E-state index in [4.69, 9.17) is 4.74 Å². The van der Waals surface area contributed by atoms with E-state index in [1.54, 1.807) is 31.2 Å². The molecule has 2 aromatic rings. The molecule has 2 amide bonds. The molecule has 1 aliphatic heterocycles. The van der Waals surface area contributed by atoms with Crippen molar-refractivity contribution in [3.8, 4) is 11.5 Å². The maximum absolute atomic E-state index is 12.2. The first kappa shape index (κ1) is 27.0. The summed E-state index contributed by atoms with van der Waals surface area (Å²) >= 11 is 0. The van der Waals surface area contributed by atoms with Gasteiger partial charge < -0.3 is 19.9 Å². The van der Waals surface area contributed by atoms with Crippen LogP contribution in [0.4, 0.5) is 0 Å². The van der Waals surface area contributed by atoms with Gasteiger partial charge in [-0.1, -0.05) is 24.3 Å². The smallest absolute Gasteiger partial charge is 0.345 e. The van der Waals surface area contributed by atoms with Crippen LogP contribution in [0, 0.1) is 6.92 Å². The van der Waals surface area contributed by atoms with Crippen LogP contribution in [0.2, 0.25) is 0 Å². The van der Waals surface area contributed by atoms with Gasteiger partial charge in [-0.2, -0.15) is 0 Å². The predicted molar refractivity (Wildman–Crippen MR) is 131 cm³/mol. The van der Waals surface area contributed by atoms with Crippen molar-refractivity contribution in [2.24, 2.45) is 0 Å². The van der Waals surface area contributed by atoms with Gasteiger partial charge in [-0.05, 0) is 55.0 Å². The first-order chi connectivity index (χ1) is 17.1. The third kappa shape index (κ3) is 6.75. The summed E-state index contributed by atoms with van der Waals surface area (Å²) in [5, 5.41) is 11.8. The van der Waals surface area contributed by atoms with Gasteiger partial charge in [-0.15, -0.1) is 0 Å². The summed E-state index contributed by atoms with van der Waals surface area (Å²) in [4.78, 5) is 35.5. The van der Waals surface area contributed by atoms with Gasteiger partial charge in [0.2, 0.25) is 21.8 Å². The molecule has 0 radical (unpaired) electrons. The summed E-state index contributed by atoms with van der Waals surface area (Å²) in [5.74, 6) is -1.27. The molecule has 10 nitrogen and oxygen atoms in total. The van der Waals surface area contributed by atoms with Crippen LogP contribution in [0.5, 0.6) is 11.5 Å². The molecular formula is C25H30N2O8S. The lowest BCUT2D eigenvalue weighted by molar-refractivity contribution is -0.121. The Balaban J connectivity index is 1.39. The van der Waals surface area contributed by atoms with Gasteiger partial charge in [0, 0.05) is 13.0 Å². The summed E-state index contributed by atoms with van der Waals surface area (Å²) in [6, 6.07) is 9.87. The number of phenols is 1. The van der Waals surface area contributed by atoms with E-state index in [-0.39, 0.29) is 35.8 Å². The number of benzene rings is 2. The average molecular weight is 519 g/mol. The third-order valence-corrected chi connectivity index (χ3v) is 7.55. The molecular weight excluding hydrogens is 488 g/mol. The summed E-state index contributed by atoms with van der Waals surface area (Å²) in [6.45, 7) is 2.56.